The molecule has 0 aliphatic carbocycles. The predicted octanol–water partition coefficient (Wildman–Crippen LogP) is 4.10. The summed E-state index contributed by atoms with van der Waals surface area (Å²) >= 11 is 5.87. The molecule has 202 valence electrons. The molecule has 0 fully saturated rings. The smallest absolute Gasteiger partial charge is 0.249 e. The third-order valence-electron chi connectivity index (χ3n) is 7.35. The molecule has 0 unspecified atom stereocenters. The minimum absolute atomic E-state index is 0.169. The van der Waals surface area contributed by atoms with Gasteiger partial charge in [-0.3, -0.25) is 14.8 Å². The Hall–Kier alpha value is -3.82. The van der Waals surface area contributed by atoms with Crippen LogP contribution in [0, 0.1) is 17.6 Å². The predicted molar refractivity (Wildman–Crippen MR) is 143 cm³/mol. The molecule has 2 aromatic carbocycles. The molecule has 0 aromatic heterocycles. The van der Waals surface area contributed by atoms with Gasteiger partial charge in [0.05, 0.1) is 27.7 Å². The Labute approximate surface area is 228 Å². The fourth-order valence-electron chi connectivity index (χ4n) is 5.23. The number of nitrogen functional groups attached to an aromatic ring is 1. The molecule has 5 rings (SSSR count). The van der Waals surface area contributed by atoms with Gasteiger partial charge in [0, 0.05) is 35.6 Å². The van der Waals surface area contributed by atoms with Crippen LogP contribution in [0.3, 0.4) is 0 Å². The molecule has 0 saturated carbocycles. The maximum absolute atomic E-state index is 14.7. The maximum Gasteiger partial charge on any atom is 0.249 e. The van der Waals surface area contributed by atoms with E-state index in [0.29, 0.717) is 46.8 Å². The number of carbonyl (C=O) groups excluding carboxylic acids is 2. The molecule has 3 aliphatic rings. The first-order chi connectivity index (χ1) is 18.6. The number of amides is 2. The Kier molecular flexibility index (Phi) is 7.38. The molecule has 7 nitrogen and oxygen atoms in total. The minimum atomic E-state index is -0.903. The number of benzene rings is 2. The molecule has 2 aromatic rings. The van der Waals surface area contributed by atoms with Gasteiger partial charge < -0.3 is 10.6 Å². The maximum atomic E-state index is 14.7. The van der Waals surface area contributed by atoms with Gasteiger partial charge >= 0.3 is 0 Å². The first-order valence-electron chi connectivity index (χ1n) is 12.7. The van der Waals surface area contributed by atoms with Crippen molar-refractivity contribution in [3.63, 3.8) is 0 Å². The van der Waals surface area contributed by atoms with Gasteiger partial charge in [-0.05, 0) is 66.8 Å². The van der Waals surface area contributed by atoms with Gasteiger partial charge in [-0.15, -0.1) is 0 Å². The molecule has 2 atom stereocenters. The van der Waals surface area contributed by atoms with E-state index in [-0.39, 0.29) is 40.9 Å². The number of halogens is 3. The van der Waals surface area contributed by atoms with Crippen molar-refractivity contribution in [3.05, 3.63) is 93.3 Å². The lowest BCUT2D eigenvalue weighted by Gasteiger charge is -2.38. The molecular formula is C29H27ClF2N4O3. The summed E-state index contributed by atoms with van der Waals surface area (Å²) in [6, 6.07) is 6.76. The summed E-state index contributed by atoms with van der Waals surface area (Å²) in [7, 11) is 0. The number of hydrogen-bond acceptors (Lipinski definition) is 5. The van der Waals surface area contributed by atoms with Crippen LogP contribution in [0.15, 0.2) is 65.4 Å². The van der Waals surface area contributed by atoms with Gasteiger partial charge in [0.15, 0.2) is 5.82 Å². The summed E-state index contributed by atoms with van der Waals surface area (Å²) in [6.45, 7) is 1.97. The second-order valence-electron chi connectivity index (χ2n) is 9.93. The molecule has 39 heavy (non-hydrogen) atoms. The highest BCUT2D eigenvalue weighted by molar-refractivity contribution is 6.31. The van der Waals surface area contributed by atoms with Crippen LogP contribution in [-0.4, -0.2) is 39.6 Å². The number of nitrogens with two attached hydrogens (primary N) is 1. The largest absolute Gasteiger partial charge is 0.399 e. The summed E-state index contributed by atoms with van der Waals surface area (Å²) in [5, 5.41) is 12.7. The average Bonchev–Trinajstić information content (AvgIpc) is 2.90. The van der Waals surface area contributed by atoms with E-state index >= 15 is 0 Å². The monoisotopic (exact) mass is 552 g/mol. The van der Waals surface area contributed by atoms with Crippen molar-refractivity contribution >= 4 is 40.2 Å². The second-order valence-corrected chi connectivity index (χ2v) is 10.3. The van der Waals surface area contributed by atoms with Gasteiger partial charge in [0.1, 0.15) is 5.82 Å². The van der Waals surface area contributed by atoms with Crippen molar-refractivity contribution in [2.45, 2.75) is 38.6 Å². The van der Waals surface area contributed by atoms with E-state index in [4.69, 9.17) is 17.3 Å². The molecule has 0 radical (unpaired) electrons. The molecule has 3 aliphatic heterocycles. The lowest BCUT2D eigenvalue weighted by Crippen LogP contribution is -2.46. The number of fused-ring (bicyclic) bond motifs is 2. The van der Waals surface area contributed by atoms with E-state index in [0.717, 1.165) is 17.2 Å². The van der Waals surface area contributed by atoms with Crippen molar-refractivity contribution in [2.24, 2.45) is 10.9 Å². The molecule has 0 saturated heterocycles. The lowest BCUT2D eigenvalue weighted by atomic mass is 9.92. The SMILES string of the molecule is C[C@@H]1CCC[C@H](N2CCC(c3c(F)ccc(Cl)c3F)=CC2=O)C2=C/C(=c3/ccc(N)cc3=NC1=O)C=CN2O. The van der Waals surface area contributed by atoms with Gasteiger partial charge in [0.25, 0.3) is 0 Å². The van der Waals surface area contributed by atoms with Crippen LogP contribution >= 0.6 is 11.6 Å². The number of rotatable bonds is 2. The first kappa shape index (κ1) is 26.8. The van der Waals surface area contributed by atoms with Gasteiger partial charge in [-0.1, -0.05) is 31.0 Å². The van der Waals surface area contributed by atoms with Crippen molar-refractivity contribution in [3.8, 4) is 0 Å². The number of nitrogens with zero attached hydrogens (tertiary/aromatic N) is 3. The van der Waals surface area contributed by atoms with E-state index < -0.39 is 23.6 Å². The Morgan fingerprint density at radius 1 is 1.13 bits per heavy atom. The Morgan fingerprint density at radius 2 is 1.92 bits per heavy atom. The highest BCUT2D eigenvalue weighted by Gasteiger charge is 2.33. The zero-order valence-corrected chi connectivity index (χ0v) is 22.0. The Balaban J connectivity index is 1.60. The topological polar surface area (TPSA) is 99.2 Å². The average molecular weight is 553 g/mol. The molecule has 2 amide bonds. The molecule has 2 bridgehead atoms. The summed E-state index contributed by atoms with van der Waals surface area (Å²) in [5.41, 5.74) is 7.50. The van der Waals surface area contributed by atoms with Crippen molar-refractivity contribution < 1.29 is 23.6 Å². The molecule has 3 heterocycles. The highest BCUT2D eigenvalue weighted by Crippen LogP contribution is 2.34. The van der Waals surface area contributed by atoms with Gasteiger partial charge in [0.2, 0.25) is 11.8 Å². The number of hydroxylamine groups is 2. The summed E-state index contributed by atoms with van der Waals surface area (Å²) < 4.78 is 29.2. The Morgan fingerprint density at radius 3 is 2.69 bits per heavy atom. The third-order valence-corrected chi connectivity index (χ3v) is 7.64. The van der Waals surface area contributed by atoms with Crippen molar-refractivity contribution in [1.82, 2.24) is 9.96 Å². The van der Waals surface area contributed by atoms with Crippen molar-refractivity contribution in [1.29, 1.82) is 0 Å². The number of anilines is 1. The van der Waals surface area contributed by atoms with E-state index in [9.17, 15) is 23.6 Å². The van der Waals surface area contributed by atoms with E-state index in [1.54, 1.807) is 42.2 Å². The number of allylic oxidation sites excluding steroid dienone is 2. The molecule has 3 N–H and O–H groups in total. The fraction of sp³-hybridized carbons (Fsp3) is 0.276. The van der Waals surface area contributed by atoms with E-state index in [2.05, 4.69) is 4.99 Å². The first-order valence-corrected chi connectivity index (χ1v) is 13.1. The Bertz CT molecular complexity index is 1580. The molecule has 10 heteroatoms. The zero-order valence-electron chi connectivity index (χ0n) is 21.2. The number of carbonyl (C=O) groups is 2. The summed E-state index contributed by atoms with van der Waals surface area (Å²) in [4.78, 5) is 32.2. The third kappa shape index (κ3) is 5.24. The van der Waals surface area contributed by atoms with Crippen LogP contribution in [0.2, 0.25) is 5.02 Å². The zero-order chi connectivity index (χ0) is 27.8. The standard InChI is InChI=1S/C29H27ClF2N4O3/c1-16-3-2-4-24(35-11-9-18(14-26(35)37)27-22(31)8-7-21(30)28(27)32)25-13-17(10-12-36(25)39)20-6-5-19(33)15-23(20)34-29(16)38/h5-8,10,12-16,24,39H,2-4,9,11,33H2,1H3/b20-17-,34-23?/t16-,24+/m1/s1. The van der Waals surface area contributed by atoms with Gasteiger partial charge in [-0.25, -0.2) is 18.8 Å². The number of hydrogen-bond donors (Lipinski definition) is 2. The van der Waals surface area contributed by atoms with Crippen molar-refractivity contribution in [2.75, 3.05) is 12.3 Å². The van der Waals surface area contributed by atoms with Crippen LogP contribution in [0.25, 0.3) is 11.1 Å². The highest BCUT2D eigenvalue weighted by atomic mass is 35.5. The van der Waals surface area contributed by atoms with Crippen LogP contribution in [-0.2, 0) is 9.59 Å². The second kappa shape index (κ2) is 10.7. The van der Waals surface area contributed by atoms with Crippen LogP contribution < -0.4 is 16.3 Å². The molecule has 0 spiro atoms. The normalized spacial score (nSPS) is 23.3. The van der Waals surface area contributed by atoms with E-state index in [1.165, 1.54) is 12.3 Å². The fourth-order valence-corrected chi connectivity index (χ4v) is 5.39. The van der Waals surface area contributed by atoms with Crippen LogP contribution in [0.1, 0.15) is 38.2 Å². The summed E-state index contributed by atoms with van der Waals surface area (Å²) in [6.07, 6.45) is 7.87. The lowest BCUT2D eigenvalue weighted by molar-refractivity contribution is -0.129. The van der Waals surface area contributed by atoms with Crippen LogP contribution in [0.4, 0.5) is 14.5 Å². The molecular weight excluding hydrogens is 526 g/mol. The summed E-state index contributed by atoms with van der Waals surface area (Å²) in [5.74, 6) is -2.76. The quantitative estimate of drug-likeness (QED) is 0.432. The minimum Gasteiger partial charge on any atom is -0.399 e. The van der Waals surface area contributed by atoms with Crippen LogP contribution in [0.5, 0.6) is 0 Å². The van der Waals surface area contributed by atoms with E-state index in [1.807, 2.05) is 0 Å². The van der Waals surface area contributed by atoms with Gasteiger partial charge in [-0.2, -0.15) is 0 Å².